The molecule has 35 atom stereocenters. The molecule has 7 aliphatic rings. The molecular formula is C86H115BrO57. The van der Waals surface area contributed by atoms with E-state index in [1.54, 1.807) is 0 Å². The molecule has 0 spiro atoms. The number of hydrogen-bond donors (Lipinski definition) is 0. The topological polar surface area (TPSA) is 699 Å². The van der Waals surface area contributed by atoms with Crippen LogP contribution in [-0.2, 0) is 271 Å². The van der Waals surface area contributed by atoms with E-state index in [1.807, 2.05) is 0 Å². The van der Waals surface area contributed by atoms with E-state index in [0.717, 1.165) is 152 Å². The van der Waals surface area contributed by atoms with Crippen molar-refractivity contribution >= 4 is 147 Å². The molecule has 0 aromatic carbocycles. The summed E-state index contributed by atoms with van der Waals surface area (Å²) in [6, 6.07) is 0. The number of ether oxygens (including phenoxy) is 35. The summed E-state index contributed by atoms with van der Waals surface area (Å²) in [5.74, 6) is -25.5. The lowest BCUT2D eigenvalue weighted by molar-refractivity contribution is -0.397. The van der Waals surface area contributed by atoms with Gasteiger partial charge in [0.1, 0.15) is 126 Å². The summed E-state index contributed by atoms with van der Waals surface area (Å²) in [5.41, 5.74) is 0. The lowest BCUT2D eigenvalue weighted by atomic mass is 9.94. The van der Waals surface area contributed by atoms with Crippen LogP contribution in [0.25, 0.3) is 0 Å². The molecule has 0 aromatic rings. The molecule has 0 aromatic heterocycles. The number of halogens is 1. The Morgan fingerprint density at radius 2 is 0.257 bits per heavy atom. The monoisotopic (exact) mass is 2140 g/mol. The van der Waals surface area contributed by atoms with Crippen LogP contribution in [0.2, 0.25) is 0 Å². The molecule has 0 aliphatic carbocycles. The molecule has 35 unspecified atom stereocenters. The number of hydrogen-bond acceptors (Lipinski definition) is 57. The fourth-order valence-corrected chi connectivity index (χ4v) is 16.6. The number of esters is 22. The lowest BCUT2D eigenvalue weighted by Gasteiger charge is -2.52. The van der Waals surface area contributed by atoms with Crippen LogP contribution in [-0.4, -0.2) is 391 Å². The molecule has 7 aliphatic heterocycles. The van der Waals surface area contributed by atoms with Crippen molar-refractivity contribution < 1.29 is 271 Å². The molecule has 57 nitrogen and oxygen atoms in total. The lowest BCUT2D eigenvalue weighted by Crippen LogP contribution is -2.70. The van der Waals surface area contributed by atoms with Crippen molar-refractivity contribution in [2.75, 3.05) is 46.2 Å². The van der Waals surface area contributed by atoms with E-state index < -0.39 is 391 Å². The molecule has 144 heavy (non-hydrogen) atoms. The van der Waals surface area contributed by atoms with E-state index >= 15 is 0 Å². The van der Waals surface area contributed by atoms with Crippen molar-refractivity contribution in [3.05, 3.63) is 0 Å². The molecule has 7 heterocycles. The zero-order valence-corrected chi connectivity index (χ0v) is 83.4. The Bertz CT molecular complexity index is 4530. The van der Waals surface area contributed by atoms with Gasteiger partial charge in [0.25, 0.3) is 0 Å². The SMILES string of the molecule is CC(=O)OCC1OC(Br)C(OC(C)=O)C(OC(C)=O)C1OC1OC(COC(C)=O)C(OC2OC(COC(C)=O)C(OC3OC(COC(C)=O)C(OC4OC(COC(C)=O)C(OC5OC(COC(C)=O)C(OC6OC(COC(C)=O)C(OC(C)=O)C(OC(C)=O)C6OC(C)=O)C(OC(C)=O)C5OC(C)=O)C(OC(C)=O)C4OC(C)=O)C(OC(C)=O)C3OC(C)=O)C(OC(C)=O)C2OC(C)=O)C(OC(C)=O)C1OC(C)=O. The van der Waals surface area contributed by atoms with Gasteiger partial charge in [0.2, 0.25) is 0 Å². The molecule has 0 N–H and O–H groups in total. The highest BCUT2D eigenvalue weighted by Crippen LogP contribution is 2.45. The molecule has 7 rings (SSSR count). The predicted molar refractivity (Wildman–Crippen MR) is 449 cm³/mol. The normalized spacial score (nSPS) is 33.3. The third-order valence-corrected chi connectivity index (χ3v) is 21.3. The summed E-state index contributed by atoms with van der Waals surface area (Å²) in [7, 11) is 0. The second-order valence-electron chi connectivity index (χ2n) is 32.6. The van der Waals surface area contributed by atoms with Crippen LogP contribution in [0, 0.1) is 0 Å². The van der Waals surface area contributed by atoms with Gasteiger partial charge in [0.05, 0.1) is 0 Å². The highest BCUT2D eigenvalue weighted by atomic mass is 79.9. The summed E-state index contributed by atoms with van der Waals surface area (Å²) >= 11 is 3.24. The minimum absolute atomic E-state index is 0.733. The van der Waals surface area contributed by atoms with Crippen molar-refractivity contribution in [1.82, 2.24) is 0 Å². The summed E-state index contributed by atoms with van der Waals surface area (Å²) in [6.07, 6.45) is -73.4. The summed E-state index contributed by atoms with van der Waals surface area (Å²) in [4.78, 5) is 293. The van der Waals surface area contributed by atoms with Gasteiger partial charge in [-0.25, -0.2) is 0 Å². The smallest absolute Gasteiger partial charge is 0.303 e. The summed E-state index contributed by atoms with van der Waals surface area (Å²) < 4.78 is 209. The van der Waals surface area contributed by atoms with Crippen LogP contribution >= 0.6 is 15.9 Å². The van der Waals surface area contributed by atoms with Crippen molar-refractivity contribution in [1.29, 1.82) is 0 Å². The van der Waals surface area contributed by atoms with E-state index in [0.29, 0.717) is 0 Å². The van der Waals surface area contributed by atoms with E-state index in [-0.39, 0.29) is 0 Å². The van der Waals surface area contributed by atoms with Gasteiger partial charge in [-0.05, 0) is 0 Å². The van der Waals surface area contributed by atoms with Crippen LogP contribution in [0.4, 0.5) is 0 Å². The minimum atomic E-state index is -2.48. The molecule has 7 fully saturated rings. The average molecular weight is 2140 g/mol. The summed E-state index contributed by atoms with van der Waals surface area (Å²) in [6.45, 7) is 12.2. The Kier molecular flexibility index (Phi) is 45.6. The van der Waals surface area contributed by atoms with E-state index in [2.05, 4.69) is 15.9 Å². The molecule has 0 bridgehead atoms. The first-order valence-electron chi connectivity index (χ1n) is 44.1. The van der Waals surface area contributed by atoms with E-state index in [1.165, 1.54) is 0 Å². The van der Waals surface area contributed by atoms with Gasteiger partial charge in [0, 0.05) is 152 Å². The van der Waals surface area contributed by atoms with E-state index in [9.17, 15) is 105 Å². The van der Waals surface area contributed by atoms with Crippen LogP contribution in [0.1, 0.15) is 152 Å². The Morgan fingerprint density at radius 1 is 0.146 bits per heavy atom. The van der Waals surface area contributed by atoms with Crippen molar-refractivity contribution in [2.24, 2.45) is 0 Å². The predicted octanol–water partition coefficient (Wildman–Crippen LogP) is -2.32. The Hall–Kier alpha value is -11.7. The van der Waals surface area contributed by atoms with Gasteiger partial charge >= 0.3 is 131 Å². The fourth-order valence-electron chi connectivity index (χ4n) is 15.9. The quantitative estimate of drug-likeness (QED) is 0.0352. The van der Waals surface area contributed by atoms with Crippen LogP contribution in [0.5, 0.6) is 0 Å². The Balaban J connectivity index is 1.39. The van der Waals surface area contributed by atoms with E-state index in [4.69, 9.17) is 166 Å². The van der Waals surface area contributed by atoms with Gasteiger partial charge in [-0.15, -0.1) is 0 Å². The van der Waals surface area contributed by atoms with Gasteiger partial charge < -0.3 is 166 Å². The van der Waals surface area contributed by atoms with Crippen LogP contribution in [0.3, 0.4) is 0 Å². The minimum Gasteiger partial charge on any atom is -0.463 e. The van der Waals surface area contributed by atoms with Crippen molar-refractivity contribution in [2.45, 2.75) is 366 Å². The Morgan fingerprint density at radius 3 is 0.403 bits per heavy atom. The van der Waals surface area contributed by atoms with Crippen LogP contribution < -0.4 is 0 Å². The number of rotatable bonds is 41. The number of alkyl halides is 1. The molecular weight excluding hydrogens is 2020 g/mol. The third kappa shape index (κ3) is 35.6. The third-order valence-electron chi connectivity index (χ3n) is 20.6. The van der Waals surface area contributed by atoms with Gasteiger partial charge in [-0.1, -0.05) is 15.9 Å². The fraction of sp³-hybridized carbons (Fsp3) is 0.744. The first kappa shape index (κ1) is 119. The van der Waals surface area contributed by atoms with Crippen LogP contribution in [0.15, 0.2) is 0 Å². The maximum Gasteiger partial charge on any atom is 0.303 e. The highest BCUT2D eigenvalue weighted by molar-refractivity contribution is 9.09. The van der Waals surface area contributed by atoms with Gasteiger partial charge in [-0.3, -0.25) is 105 Å². The zero-order valence-electron chi connectivity index (χ0n) is 81.8. The maximum atomic E-state index is 14.0. The standard InChI is InChI=1S/C86H115BrO57/c1-30(88)110-23-52-60(66(118-38(9)96)73(80(87)132-52)125-45(16)103)139-82-75(127-47(18)105)68(120-40(11)98)62(54(134-82)25-112-32(3)90)141-84-77(129-49(20)107)70(122-42(13)100)64(56(136-84)27-114-34(5)92)143-86-79(131-51(22)109)72(124-44(15)102)65(58(138-86)29-116-36(7)94)144-85-78(130-50(21)108)71(123-43(14)101)63(57(137-85)28-115-35(6)93)142-83-76(128-48(19)106)69(121-41(12)99)61(55(135-83)26-113-33(4)91)140-81-74(126-46(17)104)67(119-39(10)97)59(117-37(8)95)53(133-81)24-111-31(2)89/h52-86H,23-29H2,1-22H3. The maximum absolute atomic E-state index is 14.0. The molecule has 0 radical (unpaired) electrons. The van der Waals surface area contributed by atoms with Crippen molar-refractivity contribution in [3.8, 4) is 0 Å². The van der Waals surface area contributed by atoms with Gasteiger partial charge in [-0.2, -0.15) is 0 Å². The summed E-state index contributed by atoms with van der Waals surface area (Å²) in [5, 5.41) is -1.37. The molecule has 7 saturated heterocycles. The molecule has 0 saturated carbocycles. The Labute approximate surface area is 827 Å². The highest BCUT2D eigenvalue weighted by Gasteiger charge is 2.66. The molecule has 0 amide bonds. The molecule has 808 valence electrons. The first-order chi connectivity index (χ1) is 67.4. The molecule has 58 heteroatoms. The zero-order chi connectivity index (χ0) is 108. The largest absolute Gasteiger partial charge is 0.463 e. The first-order valence-corrected chi connectivity index (χ1v) is 45.0. The number of carbonyl (C=O) groups is 22. The second-order valence-corrected chi connectivity index (χ2v) is 33.5. The second kappa shape index (κ2) is 55.0. The van der Waals surface area contributed by atoms with Crippen molar-refractivity contribution in [3.63, 3.8) is 0 Å². The number of carbonyl (C=O) groups excluding carboxylic acids is 22. The average Bonchev–Trinajstić information content (AvgIpc) is 0.753. The van der Waals surface area contributed by atoms with Gasteiger partial charge in [0.15, 0.2) is 134 Å².